The third-order valence-electron chi connectivity index (χ3n) is 5.40. The van der Waals surface area contributed by atoms with Crippen LogP contribution < -0.4 is 4.74 Å². The minimum absolute atomic E-state index is 0.221. The van der Waals surface area contributed by atoms with Gasteiger partial charge in [0.1, 0.15) is 11.4 Å². The molecule has 7 heteroatoms. The average molecular weight is 431 g/mol. The molecule has 31 heavy (non-hydrogen) atoms. The van der Waals surface area contributed by atoms with Gasteiger partial charge in [0.05, 0.1) is 25.4 Å². The first-order valence-corrected chi connectivity index (χ1v) is 11.4. The molecule has 170 valence electrons. The lowest BCUT2D eigenvalue weighted by molar-refractivity contribution is -0.138. The van der Waals surface area contributed by atoms with Gasteiger partial charge >= 0.3 is 0 Å². The Hall–Kier alpha value is -2.38. The van der Waals surface area contributed by atoms with Gasteiger partial charge in [-0.25, -0.2) is 0 Å². The van der Waals surface area contributed by atoms with Crippen LogP contribution in [0.2, 0.25) is 0 Å². The van der Waals surface area contributed by atoms with Crippen molar-refractivity contribution >= 4 is 17.4 Å². The fourth-order valence-electron chi connectivity index (χ4n) is 3.72. The lowest BCUT2D eigenvalue weighted by Gasteiger charge is -2.29. The van der Waals surface area contributed by atoms with Crippen LogP contribution in [0.3, 0.4) is 0 Å². The van der Waals surface area contributed by atoms with E-state index in [2.05, 4.69) is 13.8 Å². The van der Waals surface area contributed by atoms with Gasteiger partial charge < -0.3 is 19.1 Å². The second kappa shape index (κ2) is 11.9. The molecule has 1 fully saturated rings. The summed E-state index contributed by atoms with van der Waals surface area (Å²) in [7, 11) is 0. The van der Waals surface area contributed by atoms with E-state index in [1.807, 2.05) is 29.2 Å². The lowest BCUT2D eigenvalue weighted by Crippen LogP contribution is -2.40. The Labute approximate surface area is 184 Å². The summed E-state index contributed by atoms with van der Waals surface area (Å²) in [6.07, 6.45) is 3.67. The molecule has 0 unspecified atom stereocenters. The van der Waals surface area contributed by atoms with Crippen molar-refractivity contribution in [2.75, 3.05) is 52.7 Å². The predicted molar refractivity (Wildman–Crippen MR) is 119 cm³/mol. The molecule has 3 rings (SSSR count). The van der Waals surface area contributed by atoms with Gasteiger partial charge in [0, 0.05) is 32.8 Å². The number of rotatable bonds is 12. The predicted octanol–water partition coefficient (Wildman–Crippen LogP) is 3.09. The number of benzene rings is 1. The molecular formula is C24H34N2O5. The molecular weight excluding hydrogens is 396 g/mol. The summed E-state index contributed by atoms with van der Waals surface area (Å²) in [5.74, 6) is 0.307. The molecule has 2 amide bonds. The van der Waals surface area contributed by atoms with E-state index in [0.29, 0.717) is 70.4 Å². The van der Waals surface area contributed by atoms with E-state index < -0.39 is 0 Å². The molecule has 2 aliphatic rings. The van der Waals surface area contributed by atoms with Gasteiger partial charge in [-0.15, -0.1) is 0 Å². The minimum Gasteiger partial charge on any atom is -0.494 e. The zero-order valence-electron chi connectivity index (χ0n) is 18.7. The summed E-state index contributed by atoms with van der Waals surface area (Å²) in [4.78, 5) is 29.9. The van der Waals surface area contributed by atoms with Crippen LogP contribution in [0.25, 0.3) is 5.57 Å². The van der Waals surface area contributed by atoms with E-state index in [1.165, 1.54) is 4.90 Å². The summed E-state index contributed by atoms with van der Waals surface area (Å²) in [6.45, 7) is 8.74. The van der Waals surface area contributed by atoms with Crippen LogP contribution in [0.15, 0.2) is 30.0 Å². The Morgan fingerprint density at radius 3 is 2.29 bits per heavy atom. The molecule has 0 saturated carbocycles. The molecule has 7 nitrogen and oxygen atoms in total. The van der Waals surface area contributed by atoms with Crippen LogP contribution in [-0.2, 0) is 19.1 Å². The van der Waals surface area contributed by atoms with Crippen LogP contribution >= 0.6 is 0 Å². The number of hydrogen-bond acceptors (Lipinski definition) is 6. The molecule has 1 saturated heterocycles. The summed E-state index contributed by atoms with van der Waals surface area (Å²) in [5, 5.41) is 0. The summed E-state index contributed by atoms with van der Waals surface area (Å²) in [5.41, 5.74) is 1.70. The highest BCUT2D eigenvalue weighted by Gasteiger charge is 2.41. The average Bonchev–Trinajstić information content (AvgIpc) is 3.05. The van der Waals surface area contributed by atoms with Crippen molar-refractivity contribution in [2.24, 2.45) is 0 Å². The monoisotopic (exact) mass is 430 g/mol. The molecule has 0 atom stereocenters. The van der Waals surface area contributed by atoms with E-state index in [0.717, 1.165) is 30.6 Å². The lowest BCUT2D eigenvalue weighted by atomic mass is 10.0. The van der Waals surface area contributed by atoms with E-state index >= 15 is 0 Å². The number of carbonyl (C=O) groups is 2. The van der Waals surface area contributed by atoms with Crippen molar-refractivity contribution in [2.45, 2.75) is 39.5 Å². The molecule has 1 aromatic carbocycles. The first-order valence-electron chi connectivity index (χ1n) is 11.4. The molecule has 0 spiro atoms. The number of hydrogen-bond donors (Lipinski definition) is 0. The van der Waals surface area contributed by atoms with Crippen molar-refractivity contribution in [3.63, 3.8) is 0 Å². The summed E-state index contributed by atoms with van der Waals surface area (Å²) >= 11 is 0. The molecule has 0 aromatic heterocycles. The first kappa shape index (κ1) is 23.3. The number of imide groups is 1. The highest BCUT2D eigenvalue weighted by Crippen LogP contribution is 2.33. The first-order chi connectivity index (χ1) is 15.2. The van der Waals surface area contributed by atoms with Crippen molar-refractivity contribution in [3.05, 3.63) is 35.5 Å². The maximum Gasteiger partial charge on any atom is 0.277 e. The van der Waals surface area contributed by atoms with Crippen molar-refractivity contribution in [1.82, 2.24) is 9.80 Å². The number of unbranched alkanes of at least 4 members (excludes halogenated alkanes) is 1. The van der Waals surface area contributed by atoms with Gasteiger partial charge in [-0.05, 0) is 37.0 Å². The molecule has 0 N–H and O–H groups in total. The Bertz CT molecular complexity index is 769. The number of morpholine rings is 1. The number of amides is 2. The quantitative estimate of drug-likeness (QED) is 0.375. The maximum absolute atomic E-state index is 13.3. The Morgan fingerprint density at radius 2 is 1.61 bits per heavy atom. The van der Waals surface area contributed by atoms with Crippen molar-refractivity contribution < 1.29 is 23.8 Å². The second-order valence-electron chi connectivity index (χ2n) is 7.78. The maximum atomic E-state index is 13.3. The number of carbonyl (C=O) groups excluding carboxylic acids is 2. The Kier molecular flexibility index (Phi) is 8.91. The van der Waals surface area contributed by atoms with Gasteiger partial charge in [0.2, 0.25) is 0 Å². The van der Waals surface area contributed by atoms with Crippen molar-refractivity contribution in [3.8, 4) is 5.75 Å². The third-order valence-corrected chi connectivity index (χ3v) is 5.40. The standard InChI is InChI=1S/C24H34N2O5/c1-3-5-15-29-16-6-11-26-23(27)21(19-7-9-20(10-8-19)31-14-4-2)22(24(26)28)25-12-17-30-18-13-25/h7-10H,3-6,11-18H2,1-2H3. The second-order valence-corrected chi connectivity index (χ2v) is 7.78. The van der Waals surface area contributed by atoms with E-state index in [4.69, 9.17) is 14.2 Å². The van der Waals surface area contributed by atoms with Crippen molar-refractivity contribution in [1.29, 1.82) is 0 Å². The highest BCUT2D eigenvalue weighted by atomic mass is 16.5. The molecule has 0 radical (unpaired) electrons. The van der Waals surface area contributed by atoms with Gasteiger partial charge in [-0.2, -0.15) is 0 Å². The SMILES string of the molecule is CCCCOCCCN1C(=O)C(c2ccc(OCCC)cc2)=C(N2CCOCC2)C1=O. The molecule has 0 bridgehead atoms. The Balaban J connectivity index is 1.77. The van der Waals surface area contributed by atoms with Crippen LogP contribution in [0.5, 0.6) is 5.75 Å². The number of ether oxygens (including phenoxy) is 3. The normalized spacial score (nSPS) is 17.1. The minimum atomic E-state index is -0.234. The van der Waals surface area contributed by atoms with Crippen LogP contribution in [0, 0.1) is 0 Å². The number of nitrogens with zero attached hydrogens (tertiary/aromatic N) is 2. The van der Waals surface area contributed by atoms with Gasteiger partial charge in [0.25, 0.3) is 11.8 Å². The van der Waals surface area contributed by atoms with Gasteiger partial charge in [-0.3, -0.25) is 14.5 Å². The zero-order chi connectivity index (χ0) is 22.1. The van der Waals surface area contributed by atoms with Crippen LogP contribution in [0.1, 0.15) is 45.1 Å². The topological polar surface area (TPSA) is 68.3 Å². The van der Waals surface area contributed by atoms with E-state index in [1.54, 1.807) is 0 Å². The third kappa shape index (κ3) is 5.86. The van der Waals surface area contributed by atoms with Gasteiger partial charge in [0.15, 0.2) is 0 Å². The molecule has 2 aliphatic heterocycles. The zero-order valence-corrected chi connectivity index (χ0v) is 18.7. The fourth-order valence-corrected chi connectivity index (χ4v) is 3.72. The molecule has 2 heterocycles. The van der Waals surface area contributed by atoms with Gasteiger partial charge in [-0.1, -0.05) is 32.4 Å². The van der Waals surface area contributed by atoms with E-state index in [9.17, 15) is 9.59 Å². The molecule has 1 aromatic rings. The van der Waals surface area contributed by atoms with E-state index in [-0.39, 0.29) is 11.8 Å². The smallest absolute Gasteiger partial charge is 0.277 e. The largest absolute Gasteiger partial charge is 0.494 e. The van der Waals surface area contributed by atoms with Crippen LogP contribution in [0.4, 0.5) is 0 Å². The molecule has 0 aliphatic carbocycles. The van der Waals surface area contributed by atoms with Crippen LogP contribution in [-0.4, -0.2) is 74.3 Å². The summed E-state index contributed by atoms with van der Waals surface area (Å²) in [6, 6.07) is 7.44. The Morgan fingerprint density at radius 1 is 0.903 bits per heavy atom. The fraction of sp³-hybridized carbons (Fsp3) is 0.583. The highest BCUT2D eigenvalue weighted by molar-refractivity contribution is 6.35. The summed E-state index contributed by atoms with van der Waals surface area (Å²) < 4.78 is 16.7.